The Hall–Kier alpha value is -1.42. The third-order valence-corrected chi connectivity index (χ3v) is 4.83. The van der Waals surface area contributed by atoms with Gasteiger partial charge in [0.2, 0.25) is 0 Å². The Balaban J connectivity index is 2.21. The normalized spacial score (nSPS) is 12.7. The summed E-state index contributed by atoms with van der Waals surface area (Å²) < 4.78 is 15.5. The lowest BCUT2D eigenvalue weighted by Gasteiger charge is -2.21. The standard InChI is InChI=1S/C17H15ClFNS/c1-2-20-16(15-13(18)7-4-8-14(15)19)12-6-3-5-11-9-10-21-17(11)12/h3-10,16,20H,2H2,1H3. The average molecular weight is 320 g/mol. The van der Waals surface area contributed by atoms with E-state index in [9.17, 15) is 4.39 Å². The van der Waals surface area contributed by atoms with Crippen molar-refractivity contribution in [2.75, 3.05) is 6.54 Å². The maximum Gasteiger partial charge on any atom is 0.129 e. The van der Waals surface area contributed by atoms with Crippen LogP contribution in [0.4, 0.5) is 4.39 Å². The van der Waals surface area contributed by atoms with Gasteiger partial charge < -0.3 is 5.32 Å². The van der Waals surface area contributed by atoms with E-state index in [1.54, 1.807) is 23.5 Å². The van der Waals surface area contributed by atoms with E-state index in [2.05, 4.69) is 22.8 Å². The van der Waals surface area contributed by atoms with E-state index in [1.807, 2.05) is 19.1 Å². The molecular formula is C17H15ClFNS. The number of halogens is 2. The Morgan fingerprint density at radius 1 is 1.19 bits per heavy atom. The number of thiophene rings is 1. The van der Waals surface area contributed by atoms with Crippen LogP contribution in [0.3, 0.4) is 0 Å². The SMILES string of the molecule is CCNC(c1c(F)cccc1Cl)c1cccc2ccsc12. The highest BCUT2D eigenvalue weighted by Gasteiger charge is 2.22. The van der Waals surface area contributed by atoms with Crippen LogP contribution in [0, 0.1) is 5.82 Å². The van der Waals surface area contributed by atoms with Gasteiger partial charge in [0.05, 0.1) is 6.04 Å². The van der Waals surface area contributed by atoms with Crippen molar-refractivity contribution >= 4 is 33.0 Å². The molecule has 0 amide bonds. The molecule has 0 aliphatic carbocycles. The van der Waals surface area contributed by atoms with E-state index in [1.165, 1.54) is 16.2 Å². The van der Waals surface area contributed by atoms with Gasteiger partial charge in [-0.15, -0.1) is 11.3 Å². The summed E-state index contributed by atoms with van der Waals surface area (Å²) in [5.74, 6) is -0.276. The molecule has 0 aliphatic rings. The lowest BCUT2D eigenvalue weighted by atomic mass is 9.97. The van der Waals surface area contributed by atoms with Crippen molar-refractivity contribution in [3.8, 4) is 0 Å². The van der Waals surface area contributed by atoms with Gasteiger partial charge in [-0.05, 0) is 41.1 Å². The summed E-state index contributed by atoms with van der Waals surface area (Å²) in [7, 11) is 0. The fraction of sp³-hybridized carbons (Fsp3) is 0.176. The fourth-order valence-electron chi connectivity index (χ4n) is 2.60. The number of rotatable bonds is 4. The van der Waals surface area contributed by atoms with E-state index in [0.29, 0.717) is 10.6 Å². The molecule has 0 radical (unpaired) electrons. The third-order valence-electron chi connectivity index (χ3n) is 3.52. The zero-order chi connectivity index (χ0) is 14.8. The predicted octanol–water partition coefficient (Wildman–Crippen LogP) is 5.39. The lowest BCUT2D eigenvalue weighted by molar-refractivity contribution is 0.561. The Morgan fingerprint density at radius 3 is 2.76 bits per heavy atom. The van der Waals surface area contributed by atoms with Crippen molar-refractivity contribution in [2.24, 2.45) is 0 Å². The Kier molecular flexibility index (Phi) is 4.24. The van der Waals surface area contributed by atoms with Crippen LogP contribution in [0.5, 0.6) is 0 Å². The molecule has 0 spiro atoms. The van der Waals surface area contributed by atoms with Crippen molar-refractivity contribution in [1.82, 2.24) is 5.32 Å². The minimum atomic E-state index is -0.276. The summed E-state index contributed by atoms with van der Waals surface area (Å²) in [6, 6.07) is 12.8. The number of fused-ring (bicyclic) bond motifs is 1. The molecule has 108 valence electrons. The molecule has 0 fully saturated rings. The van der Waals surface area contributed by atoms with Gasteiger partial charge >= 0.3 is 0 Å². The summed E-state index contributed by atoms with van der Waals surface area (Å²) in [6.45, 7) is 2.74. The molecular weight excluding hydrogens is 305 g/mol. The maximum absolute atomic E-state index is 14.3. The smallest absolute Gasteiger partial charge is 0.129 e. The molecule has 0 bridgehead atoms. The van der Waals surface area contributed by atoms with Crippen LogP contribution >= 0.6 is 22.9 Å². The molecule has 4 heteroatoms. The monoisotopic (exact) mass is 319 g/mol. The molecule has 1 unspecified atom stereocenters. The first-order valence-electron chi connectivity index (χ1n) is 6.85. The number of nitrogens with one attached hydrogen (secondary N) is 1. The largest absolute Gasteiger partial charge is 0.306 e. The average Bonchev–Trinajstić information content (AvgIpc) is 2.94. The van der Waals surface area contributed by atoms with E-state index >= 15 is 0 Å². The van der Waals surface area contributed by atoms with E-state index in [4.69, 9.17) is 11.6 Å². The fourth-order valence-corrected chi connectivity index (χ4v) is 3.82. The molecule has 3 aromatic rings. The second kappa shape index (κ2) is 6.14. The number of hydrogen-bond donors (Lipinski definition) is 1. The summed E-state index contributed by atoms with van der Waals surface area (Å²) in [5.41, 5.74) is 1.58. The quantitative estimate of drug-likeness (QED) is 0.679. The van der Waals surface area contributed by atoms with Crippen molar-refractivity contribution in [3.05, 3.63) is 69.8 Å². The van der Waals surface area contributed by atoms with Crippen molar-refractivity contribution in [1.29, 1.82) is 0 Å². The van der Waals surface area contributed by atoms with Crippen LogP contribution < -0.4 is 5.32 Å². The van der Waals surface area contributed by atoms with Crippen LogP contribution in [0.1, 0.15) is 24.1 Å². The second-order valence-corrected chi connectivity index (χ2v) is 6.14. The lowest BCUT2D eigenvalue weighted by Crippen LogP contribution is -2.23. The molecule has 1 atom stereocenters. The summed E-state index contributed by atoms with van der Waals surface area (Å²) >= 11 is 7.93. The van der Waals surface area contributed by atoms with Crippen molar-refractivity contribution in [2.45, 2.75) is 13.0 Å². The molecule has 0 saturated heterocycles. The zero-order valence-electron chi connectivity index (χ0n) is 11.6. The maximum atomic E-state index is 14.3. The molecule has 21 heavy (non-hydrogen) atoms. The van der Waals surface area contributed by atoms with Crippen LogP contribution in [0.25, 0.3) is 10.1 Å². The first kappa shape index (κ1) is 14.5. The highest BCUT2D eigenvalue weighted by Crippen LogP contribution is 2.36. The first-order chi connectivity index (χ1) is 10.2. The van der Waals surface area contributed by atoms with Gasteiger partial charge in [0, 0.05) is 15.3 Å². The first-order valence-corrected chi connectivity index (χ1v) is 8.11. The molecule has 0 aliphatic heterocycles. The molecule has 3 rings (SSSR count). The molecule has 1 heterocycles. The van der Waals surface area contributed by atoms with Gasteiger partial charge in [0.25, 0.3) is 0 Å². The summed E-state index contributed by atoms with van der Waals surface area (Å²) in [6.07, 6.45) is 0. The molecule has 1 N–H and O–H groups in total. The molecule has 1 aromatic heterocycles. The van der Waals surface area contributed by atoms with E-state index in [-0.39, 0.29) is 11.9 Å². The van der Waals surface area contributed by atoms with E-state index in [0.717, 1.165) is 12.1 Å². The topological polar surface area (TPSA) is 12.0 Å². The van der Waals surface area contributed by atoms with Crippen LogP contribution in [-0.4, -0.2) is 6.54 Å². The highest BCUT2D eigenvalue weighted by atomic mass is 35.5. The molecule has 1 nitrogen and oxygen atoms in total. The third kappa shape index (κ3) is 2.69. The van der Waals surface area contributed by atoms with Crippen molar-refractivity contribution < 1.29 is 4.39 Å². The summed E-state index contributed by atoms with van der Waals surface area (Å²) in [5, 5.41) is 7.04. The minimum absolute atomic E-state index is 0.244. The Bertz CT molecular complexity index is 748. The van der Waals surface area contributed by atoms with Crippen LogP contribution in [0.2, 0.25) is 5.02 Å². The van der Waals surface area contributed by atoms with Crippen molar-refractivity contribution in [3.63, 3.8) is 0 Å². The van der Waals surface area contributed by atoms with Gasteiger partial charge in [0.15, 0.2) is 0 Å². The van der Waals surface area contributed by atoms with Gasteiger partial charge in [-0.1, -0.05) is 42.8 Å². The van der Waals surface area contributed by atoms with Crippen LogP contribution in [-0.2, 0) is 0 Å². The Labute approximate surface area is 132 Å². The van der Waals surface area contributed by atoms with Crippen LogP contribution in [0.15, 0.2) is 47.8 Å². The second-order valence-electron chi connectivity index (χ2n) is 4.81. The van der Waals surface area contributed by atoms with Gasteiger partial charge in [-0.2, -0.15) is 0 Å². The molecule has 2 aromatic carbocycles. The summed E-state index contributed by atoms with van der Waals surface area (Å²) in [4.78, 5) is 0. The minimum Gasteiger partial charge on any atom is -0.306 e. The molecule has 0 saturated carbocycles. The van der Waals surface area contributed by atoms with Gasteiger partial charge in [0.1, 0.15) is 5.82 Å². The highest BCUT2D eigenvalue weighted by molar-refractivity contribution is 7.17. The van der Waals surface area contributed by atoms with Gasteiger partial charge in [-0.25, -0.2) is 4.39 Å². The number of hydrogen-bond acceptors (Lipinski definition) is 2. The number of benzene rings is 2. The Morgan fingerprint density at radius 2 is 2.00 bits per heavy atom. The predicted molar refractivity (Wildman–Crippen MR) is 88.8 cm³/mol. The zero-order valence-corrected chi connectivity index (χ0v) is 13.1. The van der Waals surface area contributed by atoms with E-state index < -0.39 is 0 Å². The van der Waals surface area contributed by atoms with Gasteiger partial charge in [-0.3, -0.25) is 0 Å².